The van der Waals surface area contributed by atoms with Crippen molar-refractivity contribution < 1.29 is 17.6 Å². The first kappa shape index (κ1) is 27.3. The Morgan fingerprint density at radius 1 is 1.22 bits per heavy atom. The molecule has 2 heterocycles. The van der Waals surface area contributed by atoms with Gasteiger partial charge in [-0.05, 0) is 42.3 Å². The van der Waals surface area contributed by atoms with Gasteiger partial charge in [0.2, 0.25) is 0 Å². The number of allylic oxidation sites excluding steroid dienone is 2. The smallest absolute Gasteiger partial charge is 0.376 e. The van der Waals surface area contributed by atoms with Gasteiger partial charge in [-0.3, -0.25) is 0 Å². The molecule has 3 rings (SSSR count). The van der Waals surface area contributed by atoms with Gasteiger partial charge < -0.3 is 15.2 Å². The summed E-state index contributed by atoms with van der Waals surface area (Å²) in [4.78, 5) is 8.42. The Balaban J connectivity index is 1.83. The molecule has 1 fully saturated rings. The van der Waals surface area contributed by atoms with Crippen molar-refractivity contribution in [3.05, 3.63) is 70.8 Å². The van der Waals surface area contributed by atoms with Gasteiger partial charge in [-0.15, -0.1) is 0 Å². The van der Waals surface area contributed by atoms with Crippen LogP contribution in [0.25, 0.3) is 5.70 Å². The molecule has 1 aromatic heterocycles. The monoisotopic (exact) mass is 522 g/mol. The SMILES string of the molecule is C=C/C(C#N)=C(\c1nc(Cl)ccc1N(C)C)N1CCCN(Nc2ccc(CC(F)(F)F)cc2F)CC1. The number of halogens is 5. The minimum atomic E-state index is -4.40. The van der Waals surface area contributed by atoms with E-state index in [9.17, 15) is 22.8 Å². The number of hydrogen-bond acceptors (Lipinski definition) is 6. The number of pyridine rings is 1. The Bertz CT molecular complexity index is 1170. The summed E-state index contributed by atoms with van der Waals surface area (Å²) < 4.78 is 52.4. The molecule has 11 heteroatoms. The number of hydrogen-bond donors (Lipinski definition) is 1. The summed E-state index contributed by atoms with van der Waals surface area (Å²) >= 11 is 6.21. The second-order valence-electron chi connectivity index (χ2n) is 8.52. The predicted octanol–water partition coefficient (Wildman–Crippen LogP) is 5.50. The van der Waals surface area contributed by atoms with Crippen molar-refractivity contribution in [2.24, 2.45) is 0 Å². The zero-order valence-corrected chi connectivity index (χ0v) is 20.8. The van der Waals surface area contributed by atoms with Crippen LogP contribution in [-0.4, -0.2) is 61.3 Å². The normalized spacial score (nSPS) is 15.6. The first-order valence-corrected chi connectivity index (χ1v) is 11.6. The molecule has 0 radical (unpaired) electrons. The summed E-state index contributed by atoms with van der Waals surface area (Å²) in [6.07, 6.45) is -3.44. The maximum absolute atomic E-state index is 14.5. The Labute approximate surface area is 213 Å². The van der Waals surface area contributed by atoms with E-state index in [1.807, 2.05) is 30.0 Å². The van der Waals surface area contributed by atoms with Crippen molar-refractivity contribution in [2.45, 2.75) is 19.0 Å². The van der Waals surface area contributed by atoms with E-state index in [1.165, 1.54) is 18.2 Å². The lowest BCUT2D eigenvalue weighted by molar-refractivity contribution is -0.127. The van der Waals surface area contributed by atoms with Crippen LogP contribution >= 0.6 is 11.6 Å². The Morgan fingerprint density at radius 2 is 1.97 bits per heavy atom. The molecule has 0 aliphatic carbocycles. The highest BCUT2D eigenvalue weighted by Crippen LogP contribution is 2.32. The van der Waals surface area contributed by atoms with Crippen LogP contribution in [0, 0.1) is 17.1 Å². The molecule has 1 N–H and O–H groups in total. The third-order valence-corrected chi connectivity index (χ3v) is 5.87. The Hall–Kier alpha value is -3.29. The van der Waals surface area contributed by atoms with E-state index in [2.05, 4.69) is 23.1 Å². The second kappa shape index (κ2) is 11.6. The van der Waals surface area contributed by atoms with Gasteiger partial charge in [-0.1, -0.05) is 24.2 Å². The maximum Gasteiger partial charge on any atom is 0.393 e. The van der Waals surface area contributed by atoms with Gasteiger partial charge in [0.1, 0.15) is 22.7 Å². The van der Waals surface area contributed by atoms with Crippen molar-refractivity contribution in [2.75, 3.05) is 50.6 Å². The first-order valence-electron chi connectivity index (χ1n) is 11.2. The van der Waals surface area contributed by atoms with E-state index >= 15 is 0 Å². The molecule has 2 aromatic rings. The zero-order chi connectivity index (χ0) is 26.5. The molecule has 0 bridgehead atoms. The molecule has 36 heavy (non-hydrogen) atoms. The van der Waals surface area contributed by atoms with Gasteiger partial charge in [-0.2, -0.15) is 18.4 Å². The molecule has 192 valence electrons. The molecule has 0 amide bonds. The number of benzene rings is 1. The second-order valence-corrected chi connectivity index (χ2v) is 8.91. The van der Waals surface area contributed by atoms with Crippen molar-refractivity contribution >= 4 is 28.7 Å². The molecular weight excluding hydrogens is 496 g/mol. The predicted molar refractivity (Wildman–Crippen MR) is 134 cm³/mol. The molecular formula is C25H27ClF4N6. The van der Waals surface area contributed by atoms with Crippen LogP contribution < -0.4 is 10.3 Å². The van der Waals surface area contributed by atoms with Gasteiger partial charge in [0, 0.05) is 40.3 Å². The number of rotatable bonds is 7. The largest absolute Gasteiger partial charge is 0.393 e. The highest BCUT2D eigenvalue weighted by molar-refractivity contribution is 6.29. The van der Waals surface area contributed by atoms with Crippen LogP contribution in [0.3, 0.4) is 0 Å². The van der Waals surface area contributed by atoms with Gasteiger partial charge in [-0.25, -0.2) is 14.4 Å². The van der Waals surface area contributed by atoms with E-state index in [0.29, 0.717) is 49.6 Å². The first-order chi connectivity index (χ1) is 17.0. The number of anilines is 2. The quantitative estimate of drug-likeness (QED) is 0.224. The summed E-state index contributed by atoms with van der Waals surface area (Å²) in [7, 11) is 3.74. The molecule has 6 nitrogen and oxygen atoms in total. The highest BCUT2D eigenvalue weighted by atomic mass is 35.5. The number of nitriles is 1. The average Bonchev–Trinajstić information content (AvgIpc) is 3.03. The van der Waals surface area contributed by atoms with E-state index in [-0.39, 0.29) is 16.4 Å². The zero-order valence-electron chi connectivity index (χ0n) is 20.0. The Morgan fingerprint density at radius 3 is 2.58 bits per heavy atom. The number of hydrazine groups is 1. The minimum absolute atomic E-state index is 0.0975. The minimum Gasteiger partial charge on any atom is -0.376 e. The lowest BCUT2D eigenvalue weighted by atomic mass is 10.1. The third-order valence-electron chi connectivity index (χ3n) is 5.65. The van der Waals surface area contributed by atoms with Crippen molar-refractivity contribution in [1.82, 2.24) is 14.9 Å². The van der Waals surface area contributed by atoms with Crippen LogP contribution in [0.15, 0.2) is 48.6 Å². The van der Waals surface area contributed by atoms with Crippen molar-refractivity contribution in [1.29, 1.82) is 5.26 Å². The van der Waals surface area contributed by atoms with Gasteiger partial charge in [0.25, 0.3) is 0 Å². The number of aromatic nitrogens is 1. The molecule has 0 atom stereocenters. The lowest BCUT2D eigenvalue weighted by Crippen LogP contribution is -2.35. The third kappa shape index (κ3) is 6.89. The molecule has 0 unspecified atom stereocenters. The van der Waals surface area contributed by atoms with Gasteiger partial charge in [0.15, 0.2) is 0 Å². The fourth-order valence-corrected chi connectivity index (χ4v) is 4.17. The van der Waals surface area contributed by atoms with E-state index in [4.69, 9.17) is 11.6 Å². The van der Waals surface area contributed by atoms with Gasteiger partial charge in [0.05, 0.1) is 29.1 Å². The molecule has 0 saturated carbocycles. The molecule has 0 spiro atoms. The lowest BCUT2D eigenvalue weighted by Gasteiger charge is -2.29. The maximum atomic E-state index is 14.5. The van der Waals surface area contributed by atoms with E-state index in [0.717, 1.165) is 11.8 Å². The fourth-order valence-electron chi connectivity index (χ4n) is 4.02. The average molecular weight is 523 g/mol. The van der Waals surface area contributed by atoms with E-state index in [1.54, 1.807) is 11.1 Å². The summed E-state index contributed by atoms with van der Waals surface area (Å²) in [6.45, 7) is 5.83. The highest BCUT2D eigenvalue weighted by Gasteiger charge is 2.28. The Kier molecular flexibility index (Phi) is 8.82. The van der Waals surface area contributed by atoms with Crippen LogP contribution in [0.1, 0.15) is 17.7 Å². The topological polar surface area (TPSA) is 58.4 Å². The van der Waals surface area contributed by atoms with Crippen LogP contribution in [0.4, 0.5) is 28.9 Å². The summed E-state index contributed by atoms with van der Waals surface area (Å²) in [5.41, 5.74) is 5.22. The standard InChI is InChI=1S/C25H27ClF4N6/c1-4-18(16-31)24(23-21(34(2)3)8-9-22(26)32-23)35-10-5-11-36(13-12-35)33-20-7-6-17(14-19(20)27)15-25(28,29)30/h4,6-9,14,33H,1,5,10-13,15H2,2-3H3/b24-18-. The van der Waals surface area contributed by atoms with Crippen LogP contribution in [-0.2, 0) is 6.42 Å². The number of alkyl halides is 3. The molecule has 1 aliphatic rings. The fraction of sp³-hybridized carbons (Fsp3) is 0.360. The molecule has 1 saturated heterocycles. The van der Waals surface area contributed by atoms with Crippen LogP contribution in [0.2, 0.25) is 5.15 Å². The summed E-state index contributed by atoms with van der Waals surface area (Å²) in [6, 6.07) is 9.19. The van der Waals surface area contributed by atoms with Crippen LogP contribution in [0.5, 0.6) is 0 Å². The summed E-state index contributed by atoms with van der Waals surface area (Å²) in [5, 5.41) is 11.9. The summed E-state index contributed by atoms with van der Waals surface area (Å²) in [5.74, 6) is -0.754. The van der Waals surface area contributed by atoms with Crippen molar-refractivity contribution in [3.8, 4) is 6.07 Å². The molecule has 1 aliphatic heterocycles. The van der Waals surface area contributed by atoms with E-state index < -0.39 is 18.4 Å². The van der Waals surface area contributed by atoms with Crippen molar-refractivity contribution in [3.63, 3.8) is 0 Å². The number of nitrogens with zero attached hydrogens (tertiary/aromatic N) is 5. The molecule has 1 aromatic carbocycles. The number of nitrogens with one attached hydrogen (secondary N) is 1. The van der Waals surface area contributed by atoms with Gasteiger partial charge >= 0.3 is 6.18 Å².